The fourth-order valence-electron chi connectivity index (χ4n) is 5.96. The number of aliphatic carboxylic acids is 1. The summed E-state index contributed by atoms with van der Waals surface area (Å²) in [6, 6.07) is 24.3. The van der Waals surface area contributed by atoms with Crippen molar-refractivity contribution in [2.24, 2.45) is 0 Å². The quantitative estimate of drug-likeness (QED) is 0.0654. The molecule has 0 radical (unpaired) electrons. The highest BCUT2D eigenvalue weighted by molar-refractivity contribution is 7.14. The van der Waals surface area contributed by atoms with Crippen molar-refractivity contribution < 1.29 is 29.3 Å². The Kier molecular flexibility index (Phi) is 14.3. The number of unbranched alkanes of at least 4 members (excludes halogenated alkanes) is 4. The van der Waals surface area contributed by atoms with Gasteiger partial charge >= 0.3 is 5.97 Å². The number of carboxylic acids is 1. The molecule has 0 fully saturated rings. The van der Waals surface area contributed by atoms with Crippen molar-refractivity contribution in [2.45, 2.75) is 89.8 Å². The molecule has 288 valence electrons. The van der Waals surface area contributed by atoms with Crippen LogP contribution in [0, 0.1) is 0 Å². The van der Waals surface area contributed by atoms with E-state index in [0.717, 1.165) is 33.7 Å². The maximum Gasteiger partial charge on any atom is 0.329 e. The molecular weight excluding hydrogens is 713 g/mol. The van der Waals surface area contributed by atoms with E-state index < -0.39 is 36.0 Å². The van der Waals surface area contributed by atoms with Gasteiger partial charge in [0.05, 0.1) is 11.5 Å². The van der Waals surface area contributed by atoms with Gasteiger partial charge in [-0.1, -0.05) is 120 Å². The zero-order chi connectivity index (χ0) is 39.4. The van der Waals surface area contributed by atoms with Gasteiger partial charge in [0.1, 0.15) is 17.9 Å². The molecule has 4 N–H and O–H groups in total. The van der Waals surface area contributed by atoms with Crippen LogP contribution in [0.3, 0.4) is 0 Å². The lowest BCUT2D eigenvalue weighted by molar-refractivity contribution is -0.145. The van der Waals surface area contributed by atoms with Crippen LogP contribution >= 0.6 is 11.3 Å². The molecule has 0 aliphatic carbocycles. The number of rotatable bonds is 18. The van der Waals surface area contributed by atoms with Gasteiger partial charge in [0, 0.05) is 34.8 Å². The Hall–Kier alpha value is -5.39. The Morgan fingerprint density at radius 2 is 1.44 bits per heavy atom. The smallest absolute Gasteiger partial charge is 0.329 e. The summed E-state index contributed by atoms with van der Waals surface area (Å²) in [5.74, 6) is -1.25. The fourth-order valence-corrected chi connectivity index (χ4v) is 6.93. The first kappa shape index (κ1) is 40.8. The molecule has 0 saturated heterocycles. The van der Waals surface area contributed by atoms with E-state index in [-0.39, 0.29) is 11.8 Å². The zero-order valence-electron chi connectivity index (χ0n) is 31.8. The molecule has 3 aromatic carbocycles. The second-order valence-corrected chi connectivity index (χ2v) is 15.7. The Labute approximate surface area is 327 Å². The molecule has 2 aromatic heterocycles. The van der Waals surface area contributed by atoms with Gasteiger partial charge in [-0.15, -0.1) is 11.3 Å². The molecule has 2 heterocycles. The van der Waals surface area contributed by atoms with Gasteiger partial charge in [-0.25, -0.2) is 14.8 Å². The van der Waals surface area contributed by atoms with Gasteiger partial charge < -0.3 is 25.6 Å². The Morgan fingerprint density at radius 1 is 0.782 bits per heavy atom. The van der Waals surface area contributed by atoms with E-state index in [4.69, 9.17) is 4.74 Å². The van der Waals surface area contributed by atoms with E-state index >= 15 is 0 Å². The van der Waals surface area contributed by atoms with E-state index in [1.165, 1.54) is 37.0 Å². The van der Waals surface area contributed by atoms with Crippen molar-refractivity contribution in [3.63, 3.8) is 0 Å². The average Bonchev–Trinajstić information content (AvgIpc) is 3.71. The molecule has 0 saturated carbocycles. The molecular formula is C44H50N4O6S. The first-order valence-corrected chi connectivity index (χ1v) is 19.6. The molecule has 3 atom stereocenters. The van der Waals surface area contributed by atoms with Gasteiger partial charge in [0.25, 0.3) is 5.91 Å². The van der Waals surface area contributed by atoms with E-state index in [1.54, 1.807) is 48.8 Å². The maximum absolute atomic E-state index is 13.8. The molecule has 0 aliphatic heterocycles. The van der Waals surface area contributed by atoms with Gasteiger partial charge in [-0.3, -0.25) is 9.59 Å². The van der Waals surface area contributed by atoms with Crippen LogP contribution in [0.2, 0.25) is 0 Å². The van der Waals surface area contributed by atoms with Gasteiger partial charge in [0.2, 0.25) is 5.91 Å². The number of hydrogen-bond donors (Lipinski definition) is 4. The number of carbonyl (C=O) groups excluding carboxylic acids is 2. The lowest BCUT2D eigenvalue weighted by Crippen LogP contribution is -2.54. The number of thiophene rings is 1. The number of nitrogens with zero attached hydrogens (tertiary/aromatic N) is 2. The monoisotopic (exact) mass is 762 g/mol. The highest BCUT2D eigenvalue weighted by atomic mass is 32.1. The van der Waals surface area contributed by atoms with Gasteiger partial charge in [0.15, 0.2) is 11.9 Å². The Bertz CT molecular complexity index is 1990. The minimum atomic E-state index is -1.65. The number of carbonyl (C=O) groups is 3. The highest BCUT2D eigenvalue weighted by Gasteiger charge is 2.33. The molecule has 0 spiro atoms. The molecule has 10 nitrogen and oxygen atoms in total. The Morgan fingerprint density at radius 3 is 2.05 bits per heavy atom. The van der Waals surface area contributed by atoms with Crippen LogP contribution in [-0.2, 0) is 21.4 Å². The summed E-state index contributed by atoms with van der Waals surface area (Å²) >= 11 is 1.34. The normalized spacial score (nSPS) is 13.0. The predicted octanol–water partition coefficient (Wildman–Crippen LogP) is 8.16. The van der Waals surface area contributed by atoms with Crippen LogP contribution in [0.1, 0.15) is 91.6 Å². The summed E-state index contributed by atoms with van der Waals surface area (Å²) in [7, 11) is 0. The van der Waals surface area contributed by atoms with Crippen LogP contribution in [0.15, 0.2) is 103 Å². The minimum Gasteiger partial charge on any atom is -0.494 e. The summed E-state index contributed by atoms with van der Waals surface area (Å²) in [5.41, 5.74) is 3.48. The van der Waals surface area contributed by atoms with Crippen molar-refractivity contribution in [3.05, 3.63) is 124 Å². The standard InChI is InChI=1S/C44H50N4O6S/c1-5-6-7-8-12-25-54-34-21-19-30(20-22-34)33-27-45-40(46-28-33)32-17-15-29(16-18-32)26-35(47-42(51)36-23-24-37(55-36)44(2,3)4)41(50)48-38(43(52)53)39(49)31-13-10-9-11-14-31/h9-11,13-24,27-28,35,38-39,49H,5-8,12,25-26H2,1-4H3,(H,47,51)(H,48,50)(H,52,53)/t35?,38-,39+/m1/s1. The largest absolute Gasteiger partial charge is 0.494 e. The minimum absolute atomic E-state index is 0.0570. The van der Waals surface area contributed by atoms with Crippen LogP contribution in [-0.4, -0.2) is 56.7 Å². The summed E-state index contributed by atoms with van der Waals surface area (Å²) < 4.78 is 5.90. The Balaban J connectivity index is 1.27. The molecule has 11 heteroatoms. The lowest BCUT2D eigenvalue weighted by atomic mass is 9.95. The summed E-state index contributed by atoms with van der Waals surface area (Å²) in [4.78, 5) is 50.1. The summed E-state index contributed by atoms with van der Waals surface area (Å²) in [6.07, 6.45) is 8.04. The predicted molar refractivity (Wildman–Crippen MR) is 216 cm³/mol. The molecule has 5 aromatic rings. The number of aromatic nitrogens is 2. The highest BCUT2D eigenvalue weighted by Crippen LogP contribution is 2.30. The number of carboxylic acid groups (broad SMARTS) is 1. The molecule has 1 unspecified atom stereocenters. The number of hydrogen-bond acceptors (Lipinski definition) is 8. The third-order valence-corrected chi connectivity index (χ3v) is 10.7. The third kappa shape index (κ3) is 11.6. The van der Waals surface area contributed by atoms with Crippen LogP contribution in [0.25, 0.3) is 22.5 Å². The molecule has 5 rings (SSSR count). The van der Waals surface area contributed by atoms with Crippen molar-refractivity contribution in [3.8, 4) is 28.3 Å². The average molecular weight is 763 g/mol. The molecule has 0 aliphatic rings. The van der Waals surface area contributed by atoms with Crippen molar-refractivity contribution in [1.82, 2.24) is 20.6 Å². The van der Waals surface area contributed by atoms with E-state index in [1.807, 2.05) is 54.6 Å². The van der Waals surface area contributed by atoms with Crippen molar-refractivity contribution >= 4 is 29.1 Å². The van der Waals surface area contributed by atoms with Gasteiger partial charge in [-0.05, 0) is 52.8 Å². The first-order valence-electron chi connectivity index (χ1n) is 18.7. The number of benzene rings is 3. The number of amides is 2. The topological polar surface area (TPSA) is 151 Å². The summed E-state index contributed by atoms with van der Waals surface area (Å²) in [6.45, 7) is 9.07. The van der Waals surface area contributed by atoms with Crippen LogP contribution < -0.4 is 15.4 Å². The first-order chi connectivity index (χ1) is 26.4. The fraction of sp³-hybridized carbons (Fsp3) is 0.341. The number of aliphatic hydroxyl groups is 1. The molecule has 2 amide bonds. The molecule has 0 bridgehead atoms. The van der Waals surface area contributed by atoms with Crippen LogP contribution in [0.4, 0.5) is 0 Å². The second kappa shape index (κ2) is 19.3. The maximum atomic E-state index is 13.8. The number of aliphatic hydroxyl groups excluding tert-OH is 1. The van der Waals surface area contributed by atoms with E-state index in [0.29, 0.717) is 28.4 Å². The molecule has 55 heavy (non-hydrogen) atoms. The third-order valence-electron chi connectivity index (χ3n) is 9.22. The second-order valence-electron chi connectivity index (χ2n) is 14.6. The van der Waals surface area contributed by atoms with E-state index in [2.05, 4.69) is 48.3 Å². The van der Waals surface area contributed by atoms with Crippen molar-refractivity contribution in [2.75, 3.05) is 6.61 Å². The number of ether oxygens (including phenoxy) is 1. The van der Waals surface area contributed by atoms with E-state index in [9.17, 15) is 24.6 Å². The zero-order valence-corrected chi connectivity index (χ0v) is 32.6. The number of nitrogens with one attached hydrogen (secondary N) is 2. The van der Waals surface area contributed by atoms with Crippen molar-refractivity contribution in [1.29, 1.82) is 0 Å². The summed E-state index contributed by atoms with van der Waals surface area (Å²) in [5, 5.41) is 26.2. The SMILES string of the molecule is CCCCCCCOc1ccc(-c2cnc(-c3ccc(CC(NC(=O)c4ccc(C(C)(C)C)s4)C(=O)N[C@@H](C(=O)O)[C@@H](O)c4ccccc4)cc3)nc2)cc1. The lowest BCUT2D eigenvalue weighted by Gasteiger charge is -2.24. The van der Waals surface area contributed by atoms with Gasteiger partial charge in [-0.2, -0.15) is 0 Å². The van der Waals surface area contributed by atoms with Crippen LogP contribution in [0.5, 0.6) is 5.75 Å².